The van der Waals surface area contributed by atoms with Crippen molar-refractivity contribution in [1.29, 1.82) is 0 Å². The molecule has 1 aromatic carbocycles. The molecule has 0 aliphatic carbocycles. The predicted octanol–water partition coefficient (Wildman–Crippen LogP) is 3.14. The number of alkyl halides is 3. The number of halogens is 4. The second kappa shape index (κ2) is 5.19. The van der Waals surface area contributed by atoms with Gasteiger partial charge in [0.1, 0.15) is 0 Å². The van der Waals surface area contributed by atoms with Crippen LogP contribution in [-0.4, -0.2) is 20.5 Å². The Morgan fingerprint density at radius 1 is 1.33 bits per heavy atom. The molecule has 0 radical (unpaired) electrons. The average molecular weight is 300 g/mol. The fraction of sp³-hybridized carbons (Fsp3) is 0.200. The lowest BCUT2D eigenvalue weighted by molar-refractivity contribution is -0.0435. The summed E-state index contributed by atoms with van der Waals surface area (Å²) in [5.74, 6) is 0. The Kier molecular flexibility index (Phi) is 4.28. The molecular formula is C10H9ClF3NO2S. The van der Waals surface area contributed by atoms with Crippen molar-refractivity contribution in [1.82, 2.24) is 0 Å². The molecular weight excluding hydrogens is 291 g/mol. The third-order valence-electron chi connectivity index (χ3n) is 1.95. The van der Waals surface area contributed by atoms with Crippen LogP contribution >= 0.6 is 11.6 Å². The summed E-state index contributed by atoms with van der Waals surface area (Å²) in [7, 11) is -5.39. The van der Waals surface area contributed by atoms with Crippen LogP contribution in [0.5, 0.6) is 0 Å². The second-order valence-corrected chi connectivity index (χ2v) is 5.76. The zero-order valence-corrected chi connectivity index (χ0v) is 10.5. The first-order chi connectivity index (χ1) is 8.16. The van der Waals surface area contributed by atoms with E-state index in [2.05, 4.69) is 11.9 Å². The molecule has 1 aromatic rings. The standard InChI is InChI=1S/C10H9ClF3NO2S/c1-7(11)6-15-8-4-2-3-5-9(8)18(16,17)10(12,13)14/h2-5,15H,1,6H2. The Bertz CT molecular complexity index is 554. The molecule has 0 spiro atoms. The summed E-state index contributed by atoms with van der Waals surface area (Å²) < 4.78 is 59.9. The Labute approximate surface area is 107 Å². The van der Waals surface area contributed by atoms with E-state index in [1.54, 1.807) is 0 Å². The van der Waals surface area contributed by atoms with Crippen molar-refractivity contribution in [2.75, 3.05) is 11.9 Å². The minimum absolute atomic E-state index is 0.0358. The van der Waals surface area contributed by atoms with E-state index in [1.807, 2.05) is 0 Å². The first-order valence-corrected chi connectivity index (χ1v) is 6.50. The first kappa shape index (κ1) is 14.8. The minimum Gasteiger partial charge on any atom is -0.379 e. The third kappa shape index (κ3) is 3.17. The summed E-state index contributed by atoms with van der Waals surface area (Å²) in [6.45, 7) is 3.31. The van der Waals surface area contributed by atoms with E-state index in [9.17, 15) is 21.6 Å². The highest BCUT2D eigenvalue weighted by Gasteiger charge is 2.47. The van der Waals surface area contributed by atoms with E-state index >= 15 is 0 Å². The van der Waals surface area contributed by atoms with Crippen molar-refractivity contribution in [3.8, 4) is 0 Å². The van der Waals surface area contributed by atoms with Crippen LogP contribution in [0.15, 0.2) is 40.8 Å². The smallest absolute Gasteiger partial charge is 0.379 e. The highest BCUT2D eigenvalue weighted by atomic mass is 35.5. The van der Waals surface area contributed by atoms with Gasteiger partial charge in [0.05, 0.1) is 17.1 Å². The number of rotatable bonds is 4. The number of anilines is 1. The lowest BCUT2D eigenvalue weighted by atomic mass is 10.3. The molecule has 0 aliphatic rings. The van der Waals surface area contributed by atoms with Crippen molar-refractivity contribution >= 4 is 27.1 Å². The SMILES string of the molecule is C=C(Cl)CNc1ccccc1S(=O)(=O)C(F)(F)F. The van der Waals surface area contributed by atoms with Gasteiger partial charge in [-0.2, -0.15) is 13.2 Å². The van der Waals surface area contributed by atoms with Crippen molar-refractivity contribution in [3.05, 3.63) is 35.9 Å². The molecule has 18 heavy (non-hydrogen) atoms. The van der Waals surface area contributed by atoms with E-state index in [-0.39, 0.29) is 17.3 Å². The molecule has 1 rings (SSSR count). The molecule has 0 fully saturated rings. The van der Waals surface area contributed by atoms with Crippen LogP contribution in [-0.2, 0) is 9.84 Å². The molecule has 0 amide bonds. The van der Waals surface area contributed by atoms with Gasteiger partial charge in [-0.25, -0.2) is 8.42 Å². The molecule has 0 aromatic heterocycles. The van der Waals surface area contributed by atoms with Crippen LogP contribution in [0.2, 0.25) is 0 Å². The van der Waals surface area contributed by atoms with Gasteiger partial charge in [0, 0.05) is 5.03 Å². The maximum atomic E-state index is 12.4. The van der Waals surface area contributed by atoms with E-state index in [1.165, 1.54) is 18.2 Å². The van der Waals surface area contributed by atoms with Gasteiger partial charge in [-0.1, -0.05) is 30.3 Å². The molecule has 100 valence electrons. The molecule has 8 heteroatoms. The Morgan fingerprint density at radius 2 is 1.89 bits per heavy atom. The Morgan fingerprint density at radius 3 is 2.39 bits per heavy atom. The van der Waals surface area contributed by atoms with Crippen molar-refractivity contribution in [2.45, 2.75) is 10.4 Å². The Balaban J connectivity index is 3.22. The summed E-state index contributed by atoms with van der Waals surface area (Å²) >= 11 is 5.46. The highest BCUT2D eigenvalue weighted by molar-refractivity contribution is 7.92. The van der Waals surface area contributed by atoms with Gasteiger partial charge < -0.3 is 5.32 Å². The van der Waals surface area contributed by atoms with Crippen LogP contribution in [0.4, 0.5) is 18.9 Å². The zero-order chi connectivity index (χ0) is 14.0. The molecule has 0 atom stereocenters. The van der Waals surface area contributed by atoms with Gasteiger partial charge in [0.2, 0.25) is 0 Å². The van der Waals surface area contributed by atoms with Gasteiger partial charge in [-0.15, -0.1) is 0 Å². The lowest BCUT2D eigenvalue weighted by Crippen LogP contribution is -2.24. The first-order valence-electron chi connectivity index (χ1n) is 4.64. The molecule has 0 heterocycles. The molecule has 0 saturated heterocycles. The van der Waals surface area contributed by atoms with Gasteiger partial charge in [0.25, 0.3) is 9.84 Å². The molecule has 1 N–H and O–H groups in total. The van der Waals surface area contributed by atoms with Crippen molar-refractivity contribution in [3.63, 3.8) is 0 Å². The van der Waals surface area contributed by atoms with E-state index in [0.717, 1.165) is 6.07 Å². The molecule has 0 saturated carbocycles. The summed E-state index contributed by atoms with van der Waals surface area (Å²) in [5, 5.41) is 2.63. The maximum absolute atomic E-state index is 12.4. The number of sulfone groups is 1. The fourth-order valence-corrected chi connectivity index (χ4v) is 2.17. The predicted molar refractivity (Wildman–Crippen MR) is 63.2 cm³/mol. The lowest BCUT2D eigenvalue weighted by Gasteiger charge is -2.13. The highest BCUT2D eigenvalue weighted by Crippen LogP contribution is 2.34. The zero-order valence-electron chi connectivity index (χ0n) is 8.96. The largest absolute Gasteiger partial charge is 0.501 e. The second-order valence-electron chi connectivity index (χ2n) is 3.32. The number of hydrogen-bond donors (Lipinski definition) is 1. The molecule has 0 bridgehead atoms. The van der Waals surface area contributed by atoms with Gasteiger partial charge >= 0.3 is 5.51 Å². The maximum Gasteiger partial charge on any atom is 0.501 e. The van der Waals surface area contributed by atoms with Crippen LogP contribution < -0.4 is 5.32 Å². The van der Waals surface area contributed by atoms with Gasteiger partial charge in [-0.05, 0) is 12.1 Å². The van der Waals surface area contributed by atoms with Crippen LogP contribution in [0.25, 0.3) is 0 Å². The molecule has 0 aliphatic heterocycles. The van der Waals surface area contributed by atoms with Gasteiger partial charge in [-0.3, -0.25) is 0 Å². The number of benzene rings is 1. The quantitative estimate of drug-likeness (QED) is 0.929. The van der Waals surface area contributed by atoms with E-state index in [0.29, 0.717) is 0 Å². The van der Waals surface area contributed by atoms with Crippen LogP contribution in [0.1, 0.15) is 0 Å². The third-order valence-corrected chi connectivity index (χ3v) is 3.63. The van der Waals surface area contributed by atoms with Gasteiger partial charge in [0.15, 0.2) is 0 Å². The number of para-hydroxylation sites is 1. The number of nitrogens with one attached hydrogen (secondary N) is 1. The van der Waals surface area contributed by atoms with Crippen LogP contribution in [0.3, 0.4) is 0 Å². The van der Waals surface area contributed by atoms with Crippen molar-refractivity contribution < 1.29 is 21.6 Å². The minimum atomic E-state index is -5.39. The van der Waals surface area contributed by atoms with E-state index < -0.39 is 20.2 Å². The topological polar surface area (TPSA) is 46.2 Å². The van der Waals surface area contributed by atoms with Crippen molar-refractivity contribution in [2.24, 2.45) is 0 Å². The Hall–Kier alpha value is -1.21. The summed E-state index contributed by atoms with van der Waals surface area (Å²) in [5.41, 5.74) is -5.51. The summed E-state index contributed by atoms with van der Waals surface area (Å²) in [6.07, 6.45) is 0. The summed E-state index contributed by atoms with van der Waals surface area (Å²) in [4.78, 5) is -0.838. The monoisotopic (exact) mass is 299 g/mol. The fourth-order valence-electron chi connectivity index (χ4n) is 1.16. The number of hydrogen-bond acceptors (Lipinski definition) is 3. The normalized spacial score (nSPS) is 12.2. The molecule has 0 unspecified atom stereocenters. The molecule has 3 nitrogen and oxygen atoms in total. The van der Waals surface area contributed by atoms with E-state index in [4.69, 9.17) is 11.6 Å². The average Bonchev–Trinajstić information content (AvgIpc) is 2.25. The summed E-state index contributed by atoms with van der Waals surface area (Å²) in [6, 6.07) is 4.72. The van der Waals surface area contributed by atoms with Crippen LogP contribution in [0, 0.1) is 0 Å².